The second kappa shape index (κ2) is 9.02. The topological polar surface area (TPSA) is 95.9 Å². The highest BCUT2D eigenvalue weighted by molar-refractivity contribution is 5.81. The molecule has 0 aromatic heterocycles. The number of carboxylic acids is 1. The molecule has 7 heteroatoms. The van der Waals surface area contributed by atoms with Crippen LogP contribution in [0.4, 0.5) is 4.79 Å². The van der Waals surface area contributed by atoms with Gasteiger partial charge >= 0.3 is 12.1 Å². The zero-order chi connectivity index (χ0) is 22.8. The lowest BCUT2D eigenvalue weighted by molar-refractivity contribution is -0.142. The summed E-state index contributed by atoms with van der Waals surface area (Å²) >= 11 is 0. The maximum absolute atomic E-state index is 12.5. The fourth-order valence-electron chi connectivity index (χ4n) is 4.78. The van der Waals surface area contributed by atoms with Crippen LogP contribution >= 0.6 is 0 Å². The number of carboxylic acid groups (broad SMARTS) is 1. The number of hydrogen-bond donors (Lipinski definition) is 2. The predicted octanol–water partition coefficient (Wildman–Crippen LogP) is 3.48. The fourth-order valence-corrected chi connectivity index (χ4v) is 4.78. The molecule has 1 saturated heterocycles. The van der Waals surface area contributed by atoms with E-state index < -0.39 is 24.0 Å². The molecular weight excluding hydrogens is 408 g/mol. The van der Waals surface area contributed by atoms with E-state index in [2.05, 4.69) is 29.6 Å². The lowest BCUT2D eigenvalue weighted by Gasteiger charge is -2.20. The zero-order valence-corrected chi connectivity index (χ0v) is 18.3. The number of amides is 2. The van der Waals surface area contributed by atoms with Crippen molar-refractivity contribution >= 4 is 18.0 Å². The molecule has 1 unspecified atom stereocenters. The molecule has 0 saturated carbocycles. The van der Waals surface area contributed by atoms with Crippen molar-refractivity contribution < 1.29 is 24.2 Å². The lowest BCUT2D eigenvalue weighted by Crippen LogP contribution is -2.39. The number of carbonyl (C=O) groups excluding carboxylic acids is 2. The summed E-state index contributed by atoms with van der Waals surface area (Å²) in [7, 11) is 0. The second-order valence-corrected chi connectivity index (χ2v) is 8.80. The van der Waals surface area contributed by atoms with E-state index in [0.717, 1.165) is 22.3 Å². The van der Waals surface area contributed by atoms with Crippen molar-refractivity contribution in [2.75, 3.05) is 19.7 Å². The summed E-state index contributed by atoms with van der Waals surface area (Å²) in [4.78, 5) is 37.8. The van der Waals surface area contributed by atoms with Crippen molar-refractivity contribution in [3.8, 4) is 11.1 Å². The van der Waals surface area contributed by atoms with Gasteiger partial charge in [-0.15, -0.1) is 0 Å². The van der Waals surface area contributed by atoms with Gasteiger partial charge in [0, 0.05) is 31.5 Å². The summed E-state index contributed by atoms with van der Waals surface area (Å²) in [5.74, 6) is -1.68. The van der Waals surface area contributed by atoms with E-state index >= 15 is 0 Å². The molecule has 2 N–H and O–H groups in total. The van der Waals surface area contributed by atoms with Gasteiger partial charge in [-0.25, -0.2) is 4.79 Å². The summed E-state index contributed by atoms with van der Waals surface area (Å²) < 4.78 is 5.53. The minimum absolute atomic E-state index is 0.0240. The van der Waals surface area contributed by atoms with Crippen LogP contribution < -0.4 is 5.32 Å². The van der Waals surface area contributed by atoms with Gasteiger partial charge in [0.2, 0.25) is 5.91 Å². The number of aliphatic carboxylic acids is 1. The van der Waals surface area contributed by atoms with Gasteiger partial charge in [0.1, 0.15) is 6.61 Å². The Morgan fingerprint density at radius 1 is 1.06 bits per heavy atom. The van der Waals surface area contributed by atoms with Crippen molar-refractivity contribution in [1.82, 2.24) is 10.2 Å². The van der Waals surface area contributed by atoms with Gasteiger partial charge in [-0.1, -0.05) is 55.5 Å². The third-order valence-corrected chi connectivity index (χ3v) is 6.47. The van der Waals surface area contributed by atoms with Gasteiger partial charge in [0.15, 0.2) is 0 Å². The summed E-state index contributed by atoms with van der Waals surface area (Å²) in [5, 5.41) is 12.0. The first-order valence-corrected chi connectivity index (χ1v) is 11.0. The number of nitrogens with zero attached hydrogens (tertiary/aromatic N) is 1. The van der Waals surface area contributed by atoms with Gasteiger partial charge in [0.05, 0.1) is 5.92 Å². The largest absolute Gasteiger partial charge is 0.481 e. The summed E-state index contributed by atoms with van der Waals surface area (Å²) in [5.41, 5.74) is 4.60. The molecule has 2 aliphatic rings. The Labute approximate surface area is 187 Å². The fraction of sp³-hybridized carbons (Fsp3) is 0.400. The molecule has 0 radical (unpaired) electrons. The Morgan fingerprint density at radius 3 is 2.22 bits per heavy atom. The van der Waals surface area contributed by atoms with E-state index in [9.17, 15) is 19.5 Å². The number of likely N-dealkylation sites (tertiary alicyclic amines) is 1. The summed E-state index contributed by atoms with van der Waals surface area (Å²) in [6.45, 7) is 4.43. The number of fused-ring (bicyclic) bond motifs is 3. The predicted molar refractivity (Wildman–Crippen MR) is 119 cm³/mol. The van der Waals surface area contributed by atoms with Crippen LogP contribution in [-0.4, -0.2) is 53.7 Å². The minimum Gasteiger partial charge on any atom is -0.481 e. The van der Waals surface area contributed by atoms with E-state index in [0.29, 0.717) is 6.54 Å². The number of nitrogens with one attached hydrogen (secondary N) is 1. The van der Waals surface area contributed by atoms with E-state index in [-0.39, 0.29) is 37.3 Å². The molecule has 1 aliphatic heterocycles. The number of benzene rings is 2. The number of carbonyl (C=O) groups is 3. The van der Waals surface area contributed by atoms with E-state index in [1.807, 2.05) is 31.2 Å². The highest BCUT2D eigenvalue weighted by Gasteiger charge is 2.37. The monoisotopic (exact) mass is 436 g/mol. The van der Waals surface area contributed by atoms with Crippen molar-refractivity contribution in [3.05, 3.63) is 59.7 Å². The van der Waals surface area contributed by atoms with E-state index in [4.69, 9.17) is 4.74 Å². The third-order valence-electron chi connectivity index (χ3n) is 6.47. The molecule has 3 atom stereocenters. The first-order chi connectivity index (χ1) is 15.3. The number of hydrogen-bond acceptors (Lipinski definition) is 4. The number of ether oxygens (including phenoxy) is 1. The summed E-state index contributed by atoms with van der Waals surface area (Å²) in [6, 6.07) is 15.8. The van der Waals surface area contributed by atoms with Crippen LogP contribution in [0.1, 0.15) is 37.3 Å². The minimum atomic E-state index is -0.877. The molecule has 1 heterocycles. The Hall–Kier alpha value is -3.35. The van der Waals surface area contributed by atoms with Gasteiger partial charge in [0.25, 0.3) is 0 Å². The molecule has 2 aromatic rings. The standard InChI is InChI=1S/C25H28N2O5/c1-15-12-27(13-21(15)24(29)30)23(28)11-16(2)26-25(31)32-14-22-19-9-5-3-7-17(19)18-8-4-6-10-20(18)22/h3-10,15-16,21-22H,11-14H2,1-2H3,(H,26,31)(H,29,30)/t15-,16?,21-/m1/s1. The Balaban J connectivity index is 1.30. The lowest BCUT2D eigenvalue weighted by atomic mass is 9.98. The quantitative estimate of drug-likeness (QED) is 0.723. The smallest absolute Gasteiger partial charge is 0.407 e. The number of rotatable bonds is 6. The second-order valence-electron chi connectivity index (χ2n) is 8.80. The Morgan fingerprint density at radius 2 is 1.66 bits per heavy atom. The van der Waals surface area contributed by atoms with Crippen LogP contribution in [0.3, 0.4) is 0 Å². The molecule has 2 aromatic carbocycles. The van der Waals surface area contributed by atoms with Crippen LogP contribution in [0.15, 0.2) is 48.5 Å². The van der Waals surface area contributed by atoms with Crippen molar-refractivity contribution in [1.29, 1.82) is 0 Å². The molecule has 7 nitrogen and oxygen atoms in total. The van der Waals surface area contributed by atoms with Crippen LogP contribution in [0, 0.1) is 11.8 Å². The van der Waals surface area contributed by atoms with Crippen LogP contribution in [0.2, 0.25) is 0 Å². The molecule has 1 fully saturated rings. The maximum atomic E-state index is 12.5. The van der Waals surface area contributed by atoms with Crippen LogP contribution in [0.25, 0.3) is 11.1 Å². The normalized spacial score (nSPS) is 20.4. The molecule has 2 amide bonds. The molecule has 0 bridgehead atoms. The molecule has 32 heavy (non-hydrogen) atoms. The SMILES string of the molecule is CC(CC(=O)N1C[C@@H](C)[C@H](C(=O)O)C1)NC(=O)OCC1c2ccccc2-c2ccccc21. The number of alkyl carbamates (subject to hydrolysis) is 1. The maximum Gasteiger partial charge on any atom is 0.407 e. The third kappa shape index (κ3) is 4.33. The van der Waals surface area contributed by atoms with E-state index in [1.54, 1.807) is 11.8 Å². The molecule has 0 spiro atoms. The molecule has 4 rings (SSSR count). The average Bonchev–Trinajstić information content (AvgIpc) is 3.30. The van der Waals surface area contributed by atoms with Crippen molar-refractivity contribution in [2.24, 2.45) is 11.8 Å². The van der Waals surface area contributed by atoms with Gasteiger partial charge < -0.3 is 20.1 Å². The molecule has 168 valence electrons. The van der Waals surface area contributed by atoms with Crippen LogP contribution in [0.5, 0.6) is 0 Å². The Kier molecular flexibility index (Phi) is 6.17. The highest BCUT2D eigenvalue weighted by Crippen LogP contribution is 2.44. The molecule has 1 aliphatic carbocycles. The average molecular weight is 437 g/mol. The highest BCUT2D eigenvalue weighted by atomic mass is 16.5. The van der Waals surface area contributed by atoms with Crippen LogP contribution in [-0.2, 0) is 14.3 Å². The van der Waals surface area contributed by atoms with Gasteiger partial charge in [-0.05, 0) is 35.1 Å². The first kappa shape index (κ1) is 21.9. The first-order valence-electron chi connectivity index (χ1n) is 11.0. The van der Waals surface area contributed by atoms with Crippen molar-refractivity contribution in [3.63, 3.8) is 0 Å². The Bertz CT molecular complexity index is 991. The van der Waals surface area contributed by atoms with Crippen molar-refractivity contribution in [2.45, 2.75) is 32.2 Å². The summed E-state index contributed by atoms with van der Waals surface area (Å²) in [6.07, 6.45) is -0.464. The van der Waals surface area contributed by atoms with Gasteiger partial charge in [-0.2, -0.15) is 0 Å². The van der Waals surface area contributed by atoms with Gasteiger partial charge in [-0.3, -0.25) is 9.59 Å². The zero-order valence-electron chi connectivity index (χ0n) is 18.3. The molecular formula is C25H28N2O5. The van der Waals surface area contributed by atoms with E-state index in [1.165, 1.54) is 0 Å².